The second kappa shape index (κ2) is 5.68. The van der Waals surface area contributed by atoms with Crippen molar-refractivity contribution in [3.63, 3.8) is 0 Å². The van der Waals surface area contributed by atoms with Crippen LogP contribution < -0.4 is 4.72 Å². The highest BCUT2D eigenvalue weighted by atomic mass is 79.9. The molecule has 0 amide bonds. The van der Waals surface area contributed by atoms with E-state index in [0.717, 1.165) is 35.3 Å². The molecule has 1 aromatic rings. The molecule has 0 radical (unpaired) electrons. The van der Waals surface area contributed by atoms with Gasteiger partial charge in [0.2, 0.25) is 10.0 Å². The van der Waals surface area contributed by atoms with Crippen LogP contribution in [0, 0.1) is 6.92 Å². The number of fused-ring (bicyclic) bond motifs is 1. The van der Waals surface area contributed by atoms with Crippen LogP contribution in [0.4, 0.5) is 0 Å². The summed E-state index contributed by atoms with van der Waals surface area (Å²) in [5.74, 6) is 0. The highest BCUT2D eigenvalue weighted by Crippen LogP contribution is 2.32. The Morgan fingerprint density at radius 1 is 1.35 bits per heavy atom. The first-order valence-corrected chi connectivity index (χ1v) is 10.1. The number of thiophene rings is 1. The fourth-order valence-electron chi connectivity index (χ4n) is 3.21. The van der Waals surface area contributed by atoms with Gasteiger partial charge in [0.25, 0.3) is 0 Å². The van der Waals surface area contributed by atoms with Gasteiger partial charge in [-0.1, -0.05) is 6.42 Å². The molecule has 0 bridgehead atoms. The number of rotatable bonds is 3. The van der Waals surface area contributed by atoms with E-state index in [1.807, 2.05) is 6.92 Å². The lowest BCUT2D eigenvalue weighted by molar-refractivity contribution is 0.186. The second-order valence-electron chi connectivity index (χ2n) is 5.64. The van der Waals surface area contributed by atoms with Crippen molar-refractivity contribution in [2.24, 2.45) is 0 Å². The van der Waals surface area contributed by atoms with E-state index >= 15 is 0 Å². The van der Waals surface area contributed by atoms with Crippen molar-refractivity contribution in [1.82, 2.24) is 9.62 Å². The number of piperidine rings is 1. The van der Waals surface area contributed by atoms with E-state index in [4.69, 9.17) is 0 Å². The molecule has 3 heterocycles. The Bertz CT molecular complexity index is 580. The summed E-state index contributed by atoms with van der Waals surface area (Å²) in [6, 6.07) is 2.20. The lowest BCUT2D eigenvalue weighted by Crippen LogP contribution is -2.46. The molecule has 2 fully saturated rings. The molecule has 0 aromatic carbocycles. The molecule has 0 saturated carbocycles. The van der Waals surface area contributed by atoms with Crippen LogP contribution in [0.1, 0.15) is 31.2 Å². The van der Waals surface area contributed by atoms with Crippen LogP contribution in [0.5, 0.6) is 0 Å². The average molecular weight is 379 g/mol. The normalized spacial score (nSPS) is 27.7. The maximum absolute atomic E-state index is 12.5. The summed E-state index contributed by atoms with van der Waals surface area (Å²) in [6.07, 6.45) is 4.49. The predicted molar refractivity (Wildman–Crippen MR) is 84.7 cm³/mol. The van der Waals surface area contributed by atoms with Gasteiger partial charge in [-0.2, -0.15) is 0 Å². The average Bonchev–Trinajstić information content (AvgIpc) is 2.95. The molecule has 4 nitrogen and oxygen atoms in total. The van der Waals surface area contributed by atoms with Crippen molar-refractivity contribution in [3.8, 4) is 0 Å². The summed E-state index contributed by atoms with van der Waals surface area (Å²) in [5, 5.41) is 0. The van der Waals surface area contributed by atoms with Crippen LogP contribution in [0.3, 0.4) is 0 Å². The lowest BCUT2D eigenvalue weighted by Gasteiger charge is -2.32. The van der Waals surface area contributed by atoms with E-state index in [-0.39, 0.29) is 6.04 Å². The highest BCUT2D eigenvalue weighted by Gasteiger charge is 2.38. The minimum Gasteiger partial charge on any atom is -0.299 e. The first kappa shape index (κ1) is 15.0. The molecule has 0 spiro atoms. The Hall–Kier alpha value is 0.0500. The van der Waals surface area contributed by atoms with Crippen LogP contribution >= 0.6 is 27.3 Å². The minimum absolute atomic E-state index is 0.0708. The Balaban J connectivity index is 1.76. The van der Waals surface area contributed by atoms with E-state index in [1.54, 1.807) is 6.07 Å². The van der Waals surface area contributed by atoms with E-state index < -0.39 is 10.0 Å². The van der Waals surface area contributed by atoms with Gasteiger partial charge in [-0.15, -0.1) is 11.3 Å². The summed E-state index contributed by atoms with van der Waals surface area (Å²) in [4.78, 5) is 2.44. The number of hydrogen-bond acceptors (Lipinski definition) is 4. The SMILES string of the molecule is Cc1cc(S(=O)(=O)NC2CCN3CCCCC23)sc1Br. The van der Waals surface area contributed by atoms with Crippen LogP contribution in [0.15, 0.2) is 14.1 Å². The Labute approximate surface area is 132 Å². The third-order valence-corrected chi connectivity index (χ3v) is 8.36. The molecule has 0 aliphatic carbocycles. The van der Waals surface area contributed by atoms with E-state index in [9.17, 15) is 8.42 Å². The summed E-state index contributed by atoms with van der Waals surface area (Å²) in [5.41, 5.74) is 0.973. The molecular weight excluding hydrogens is 360 g/mol. The molecule has 2 saturated heterocycles. The van der Waals surface area contributed by atoms with Gasteiger partial charge in [0.1, 0.15) is 4.21 Å². The van der Waals surface area contributed by atoms with Crippen molar-refractivity contribution in [3.05, 3.63) is 15.4 Å². The molecule has 20 heavy (non-hydrogen) atoms. The number of nitrogens with zero attached hydrogens (tertiary/aromatic N) is 1. The molecule has 112 valence electrons. The van der Waals surface area contributed by atoms with E-state index in [0.29, 0.717) is 10.3 Å². The van der Waals surface area contributed by atoms with Gasteiger partial charge in [-0.05, 0) is 60.3 Å². The molecule has 1 N–H and O–H groups in total. The standard InChI is InChI=1S/C13H19BrN2O2S2/c1-9-8-12(19-13(9)14)20(17,18)15-10-5-7-16-6-3-2-4-11(10)16/h8,10-11,15H,2-7H2,1H3. The molecule has 3 rings (SSSR count). The van der Waals surface area contributed by atoms with Crippen LogP contribution in [-0.4, -0.2) is 38.5 Å². The zero-order valence-electron chi connectivity index (χ0n) is 11.4. The largest absolute Gasteiger partial charge is 0.299 e. The third kappa shape index (κ3) is 2.83. The molecular formula is C13H19BrN2O2S2. The topological polar surface area (TPSA) is 49.4 Å². The van der Waals surface area contributed by atoms with E-state index in [2.05, 4.69) is 25.6 Å². The van der Waals surface area contributed by atoms with Gasteiger partial charge in [0.15, 0.2) is 0 Å². The molecule has 2 unspecified atom stereocenters. The van der Waals surface area contributed by atoms with Crippen LogP contribution in [0.2, 0.25) is 0 Å². The fourth-order valence-corrected chi connectivity index (χ4v) is 6.75. The predicted octanol–water partition coefficient (Wildman–Crippen LogP) is 2.72. The maximum atomic E-state index is 12.5. The molecule has 2 aliphatic rings. The number of hydrogen-bond donors (Lipinski definition) is 1. The van der Waals surface area contributed by atoms with Crippen LogP contribution in [0.25, 0.3) is 0 Å². The molecule has 7 heteroatoms. The smallest absolute Gasteiger partial charge is 0.250 e. The summed E-state index contributed by atoms with van der Waals surface area (Å²) >= 11 is 4.68. The van der Waals surface area contributed by atoms with Gasteiger partial charge in [-0.3, -0.25) is 4.90 Å². The number of sulfonamides is 1. The quantitative estimate of drug-likeness (QED) is 0.879. The second-order valence-corrected chi connectivity index (χ2v) is 9.95. The van der Waals surface area contributed by atoms with Crippen molar-refractivity contribution in [1.29, 1.82) is 0 Å². The Kier molecular flexibility index (Phi) is 4.25. The Morgan fingerprint density at radius 3 is 2.85 bits per heavy atom. The lowest BCUT2D eigenvalue weighted by atomic mass is 10.00. The minimum atomic E-state index is -3.38. The Morgan fingerprint density at radius 2 is 2.15 bits per heavy atom. The first-order valence-electron chi connectivity index (χ1n) is 7.00. The summed E-state index contributed by atoms with van der Waals surface area (Å²) in [6.45, 7) is 4.05. The molecule has 2 atom stereocenters. The summed E-state index contributed by atoms with van der Waals surface area (Å²) in [7, 11) is -3.38. The molecule has 1 aromatic heterocycles. The van der Waals surface area contributed by atoms with Crippen molar-refractivity contribution in [2.75, 3.05) is 13.1 Å². The number of halogens is 1. The zero-order chi connectivity index (χ0) is 14.3. The fraction of sp³-hybridized carbons (Fsp3) is 0.692. The van der Waals surface area contributed by atoms with Crippen molar-refractivity contribution in [2.45, 2.75) is 48.9 Å². The monoisotopic (exact) mass is 378 g/mol. The number of nitrogens with one attached hydrogen (secondary N) is 1. The van der Waals surface area contributed by atoms with Crippen LogP contribution in [-0.2, 0) is 10.0 Å². The third-order valence-electron chi connectivity index (χ3n) is 4.26. The van der Waals surface area contributed by atoms with Gasteiger partial charge in [0, 0.05) is 18.6 Å². The zero-order valence-corrected chi connectivity index (χ0v) is 14.7. The first-order chi connectivity index (χ1) is 9.47. The maximum Gasteiger partial charge on any atom is 0.250 e. The van der Waals surface area contributed by atoms with Crippen molar-refractivity contribution >= 4 is 37.3 Å². The van der Waals surface area contributed by atoms with Gasteiger partial charge < -0.3 is 0 Å². The number of aryl methyl sites for hydroxylation is 1. The highest BCUT2D eigenvalue weighted by molar-refractivity contribution is 9.11. The van der Waals surface area contributed by atoms with Gasteiger partial charge in [0.05, 0.1) is 3.79 Å². The van der Waals surface area contributed by atoms with Crippen molar-refractivity contribution < 1.29 is 8.42 Å². The van der Waals surface area contributed by atoms with Gasteiger partial charge in [-0.25, -0.2) is 13.1 Å². The summed E-state index contributed by atoms with van der Waals surface area (Å²) < 4.78 is 29.2. The van der Waals surface area contributed by atoms with E-state index in [1.165, 1.54) is 24.2 Å². The van der Waals surface area contributed by atoms with Gasteiger partial charge >= 0.3 is 0 Å². The molecule has 2 aliphatic heterocycles.